The standard InChI is InChI=1S/C20H28N4O4S/c1-13-12-14(2)16(4)20(15(13)3)29(26,27)24-10-8-23(9-11-24)19(25)7-6-18-21-17(5)22-28-18/h12H,6-11H2,1-5H3. The fourth-order valence-electron chi connectivity index (χ4n) is 3.69. The van der Waals surface area contributed by atoms with E-state index >= 15 is 0 Å². The first-order valence-corrected chi connectivity index (χ1v) is 11.2. The molecule has 0 saturated carbocycles. The summed E-state index contributed by atoms with van der Waals surface area (Å²) in [6, 6.07) is 2.02. The number of aromatic nitrogens is 2. The average molecular weight is 421 g/mol. The summed E-state index contributed by atoms with van der Waals surface area (Å²) >= 11 is 0. The number of piperazine rings is 1. The van der Waals surface area contributed by atoms with Crippen LogP contribution in [0.25, 0.3) is 0 Å². The number of hydrogen-bond acceptors (Lipinski definition) is 6. The van der Waals surface area contributed by atoms with Crippen LogP contribution in [0.5, 0.6) is 0 Å². The Bertz CT molecular complexity index is 995. The zero-order valence-electron chi connectivity index (χ0n) is 17.7. The normalized spacial score (nSPS) is 15.7. The number of hydrogen-bond donors (Lipinski definition) is 0. The molecule has 3 rings (SSSR count). The molecule has 0 unspecified atom stereocenters. The van der Waals surface area contributed by atoms with Gasteiger partial charge >= 0.3 is 0 Å². The third-order valence-corrected chi connectivity index (χ3v) is 7.78. The zero-order chi connectivity index (χ0) is 21.3. The largest absolute Gasteiger partial charge is 0.340 e. The van der Waals surface area contributed by atoms with Crippen molar-refractivity contribution in [2.24, 2.45) is 0 Å². The molecule has 0 bridgehead atoms. The van der Waals surface area contributed by atoms with E-state index in [0.29, 0.717) is 49.2 Å². The second-order valence-corrected chi connectivity index (χ2v) is 9.48. The van der Waals surface area contributed by atoms with Gasteiger partial charge in [-0.15, -0.1) is 0 Å². The van der Waals surface area contributed by atoms with E-state index in [-0.39, 0.29) is 12.3 Å². The van der Waals surface area contributed by atoms with E-state index in [1.54, 1.807) is 11.8 Å². The van der Waals surface area contributed by atoms with Gasteiger partial charge < -0.3 is 9.42 Å². The highest BCUT2D eigenvalue weighted by Crippen LogP contribution is 2.29. The molecular weight excluding hydrogens is 392 g/mol. The number of sulfonamides is 1. The van der Waals surface area contributed by atoms with Crippen LogP contribution in [0, 0.1) is 34.6 Å². The molecule has 158 valence electrons. The van der Waals surface area contributed by atoms with Gasteiger partial charge in [-0.2, -0.15) is 9.29 Å². The van der Waals surface area contributed by atoms with Crippen LogP contribution >= 0.6 is 0 Å². The van der Waals surface area contributed by atoms with Crippen molar-refractivity contribution in [3.63, 3.8) is 0 Å². The van der Waals surface area contributed by atoms with Crippen LogP contribution < -0.4 is 0 Å². The smallest absolute Gasteiger partial charge is 0.243 e. The van der Waals surface area contributed by atoms with E-state index in [2.05, 4.69) is 10.1 Å². The predicted octanol–water partition coefficient (Wildman–Crippen LogP) is 2.08. The summed E-state index contributed by atoms with van der Waals surface area (Å²) in [5.74, 6) is 0.956. The molecule has 1 aromatic carbocycles. The highest BCUT2D eigenvalue weighted by molar-refractivity contribution is 7.89. The summed E-state index contributed by atoms with van der Waals surface area (Å²) < 4.78 is 33.2. The molecule has 9 heteroatoms. The lowest BCUT2D eigenvalue weighted by atomic mass is 10.0. The molecular formula is C20H28N4O4S. The maximum absolute atomic E-state index is 13.3. The Balaban J connectivity index is 1.66. The van der Waals surface area contributed by atoms with Gasteiger partial charge in [0.1, 0.15) is 0 Å². The molecule has 1 aliphatic heterocycles. The Morgan fingerprint density at radius 1 is 1.03 bits per heavy atom. The fraction of sp³-hybridized carbons (Fsp3) is 0.550. The van der Waals surface area contributed by atoms with Gasteiger partial charge in [-0.25, -0.2) is 8.42 Å². The van der Waals surface area contributed by atoms with Crippen molar-refractivity contribution in [1.82, 2.24) is 19.3 Å². The first-order valence-electron chi connectivity index (χ1n) is 9.75. The molecule has 2 aromatic rings. The Morgan fingerprint density at radius 3 is 2.14 bits per heavy atom. The van der Waals surface area contributed by atoms with Gasteiger partial charge in [0.15, 0.2) is 5.82 Å². The Kier molecular flexibility index (Phi) is 6.09. The summed E-state index contributed by atoms with van der Waals surface area (Å²) in [6.07, 6.45) is 0.656. The molecule has 29 heavy (non-hydrogen) atoms. The number of amides is 1. The number of carbonyl (C=O) groups excluding carboxylic acids is 1. The highest BCUT2D eigenvalue weighted by atomic mass is 32.2. The lowest BCUT2D eigenvalue weighted by Gasteiger charge is -2.34. The molecule has 1 fully saturated rings. The summed E-state index contributed by atoms with van der Waals surface area (Å²) in [6.45, 7) is 10.6. The first-order chi connectivity index (χ1) is 13.6. The van der Waals surface area contributed by atoms with Crippen molar-refractivity contribution in [3.05, 3.63) is 40.0 Å². The summed E-state index contributed by atoms with van der Waals surface area (Å²) in [5.41, 5.74) is 3.52. The zero-order valence-corrected chi connectivity index (χ0v) is 18.5. The van der Waals surface area contributed by atoms with Gasteiger partial charge in [-0.3, -0.25) is 4.79 Å². The molecule has 0 aliphatic carbocycles. The molecule has 1 amide bonds. The highest BCUT2D eigenvalue weighted by Gasteiger charge is 2.32. The van der Waals surface area contributed by atoms with Crippen LogP contribution in [0.2, 0.25) is 0 Å². The number of rotatable bonds is 5. The van der Waals surface area contributed by atoms with Crippen LogP contribution in [0.4, 0.5) is 0 Å². The third-order valence-electron chi connectivity index (χ3n) is 5.61. The lowest BCUT2D eigenvalue weighted by Crippen LogP contribution is -2.50. The minimum absolute atomic E-state index is 0.0309. The summed E-state index contributed by atoms with van der Waals surface area (Å²) in [7, 11) is -3.61. The van der Waals surface area contributed by atoms with E-state index in [1.807, 2.05) is 33.8 Å². The average Bonchev–Trinajstić information content (AvgIpc) is 3.10. The molecule has 1 aromatic heterocycles. The second kappa shape index (κ2) is 8.23. The first kappa shape index (κ1) is 21.4. The topological polar surface area (TPSA) is 96.6 Å². The van der Waals surface area contributed by atoms with Crippen molar-refractivity contribution >= 4 is 15.9 Å². The van der Waals surface area contributed by atoms with Crippen molar-refractivity contribution < 1.29 is 17.7 Å². The van der Waals surface area contributed by atoms with Crippen LogP contribution in [0.1, 0.15) is 40.4 Å². The number of carbonyl (C=O) groups is 1. The molecule has 1 saturated heterocycles. The van der Waals surface area contributed by atoms with Crippen LogP contribution in [0.3, 0.4) is 0 Å². The van der Waals surface area contributed by atoms with Gasteiger partial charge in [0.2, 0.25) is 21.8 Å². The SMILES string of the molecule is Cc1noc(CCC(=O)N2CCN(S(=O)(=O)c3c(C)c(C)cc(C)c3C)CC2)n1. The van der Waals surface area contributed by atoms with Crippen LogP contribution in [0.15, 0.2) is 15.5 Å². The fourth-order valence-corrected chi connectivity index (χ4v) is 5.69. The van der Waals surface area contributed by atoms with Crippen LogP contribution in [-0.2, 0) is 21.2 Å². The maximum Gasteiger partial charge on any atom is 0.243 e. The van der Waals surface area contributed by atoms with Crippen LogP contribution in [-0.4, -0.2) is 59.8 Å². The molecule has 8 nitrogen and oxygen atoms in total. The molecule has 0 atom stereocenters. The summed E-state index contributed by atoms with van der Waals surface area (Å²) in [4.78, 5) is 18.7. The quantitative estimate of drug-likeness (QED) is 0.735. The van der Waals surface area contributed by atoms with Crippen molar-refractivity contribution in [3.8, 4) is 0 Å². The minimum atomic E-state index is -3.61. The van der Waals surface area contributed by atoms with E-state index in [4.69, 9.17) is 4.52 Å². The lowest BCUT2D eigenvalue weighted by molar-refractivity contribution is -0.132. The van der Waals surface area contributed by atoms with Crippen molar-refractivity contribution in [2.45, 2.75) is 52.4 Å². The van der Waals surface area contributed by atoms with Gasteiger partial charge in [0.05, 0.1) is 4.90 Å². The maximum atomic E-state index is 13.3. The monoisotopic (exact) mass is 420 g/mol. The third kappa shape index (κ3) is 4.35. The van der Waals surface area contributed by atoms with Gasteiger partial charge in [0.25, 0.3) is 0 Å². The van der Waals surface area contributed by atoms with Gasteiger partial charge in [-0.05, 0) is 56.9 Å². The molecule has 0 N–H and O–H groups in total. The number of benzene rings is 1. The second-order valence-electron chi connectivity index (χ2n) is 7.61. The Hall–Kier alpha value is -2.26. The van der Waals surface area contributed by atoms with Crippen molar-refractivity contribution in [1.29, 1.82) is 0 Å². The Labute approximate surface area is 171 Å². The van der Waals surface area contributed by atoms with E-state index in [9.17, 15) is 13.2 Å². The van der Waals surface area contributed by atoms with Crippen molar-refractivity contribution in [2.75, 3.05) is 26.2 Å². The van der Waals surface area contributed by atoms with E-state index in [0.717, 1.165) is 22.3 Å². The minimum Gasteiger partial charge on any atom is -0.340 e. The molecule has 2 heterocycles. The molecule has 0 radical (unpaired) electrons. The number of aryl methyl sites for hydroxylation is 4. The Morgan fingerprint density at radius 2 is 1.62 bits per heavy atom. The molecule has 1 aliphatic rings. The van der Waals surface area contributed by atoms with E-state index in [1.165, 1.54) is 4.31 Å². The predicted molar refractivity (Wildman–Crippen MR) is 108 cm³/mol. The number of nitrogens with zero attached hydrogens (tertiary/aromatic N) is 4. The van der Waals surface area contributed by atoms with Gasteiger partial charge in [0, 0.05) is 39.0 Å². The summed E-state index contributed by atoms with van der Waals surface area (Å²) in [5, 5.41) is 3.71. The van der Waals surface area contributed by atoms with Gasteiger partial charge in [-0.1, -0.05) is 11.2 Å². The molecule has 0 spiro atoms. The van der Waals surface area contributed by atoms with E-state index < -0.39 is 10.0 Å².